The first-order valence-electron chi connectivity index (χ1n) is 12.5. The molecule has 0 radical (unpaired) electrons. The zero-order chi connectivity index (χ0) is 32.2. The van der Waals surface area contributed by atoms with E-state index in [2.05, 4.69) is 26.1 Å². The van der Waals surface area contributed by atoms with Gasteiger partial charge in [-0.15, -0.1) is 0 Å². The lowest BCUT2D eigenvalue weighted by Gasteiger charge is -2.22. The van der Waals surface area contributed by atoms with Gasteiger partial charge in [0.15, 0.2) is 11.5 Å². The van der Waals surface area contributed by atoms with Crippen molar-refractivity contribution in [2.45, 2.75) is 39.1 Å². The van der Waals surface area contributed by atoms with Crippen molar-refractivity contribution < 1.29 is 42.1 Å². The number of amidine groups is 1. The highest BCUT2D eigenvalue weighted by molar-refractivity contribution is 5.96. The van der Waals surface area contributed by atoms with Crippen LogP contribution in [0.4, 0.5) is 18.9 Å². The first kappa shape index (κ1) is 33.8. The second kappa shape index (κ2) is 15.6. The molecule has 7 N–H and O–H groups in total. The van der Waals surface area contributed by atoms with Crippen LogP contribution in [0.3, 0.4) is 0 Å². The lowest BCUT2D eigenvalue weighted by atomic mass is 10.0. The number of hydrogen-bond acceptors (Lipinski definition) is 9. The largest absolute Gasteiger partial charge is 0.490 e. The zero-order valence-electron chi connectivity index (χ0n) is 23.2. The quantitative estimate of drug-likeness (QED) is 0.113. The summed E-state index contributed by atoms with van der Waals surface area (Å²) in [5, 5.41) is 17.8. The fourth-order valence-electron chi connectivity index (χ4n) is 3.22. The fraction of sp³-hybridized carbons (Fsp3) is 0.259. The molecule has 0 aliphatic rings. The molecule has 43 heavy (non-hydrogen) atoms. The van der Waals surface area contributed by atoms with E-state index in [1.54, 1.807) is 42.5 Å². The number of hydrogen-bond donors (Lipinski definition) is 6. The Morgan fingerprint density at radius 2 is 1.60 bits per heavy atom. The van der Waals surface area contributed by atoms with Crippen LogP contribution in [0.15, 0.2) is 61.2 Å². The molecule has 0 saturated heterocycles. The minimum absolute atomic E-state index is 0.0643. The van der Waals surface area contributed by atoms with Crippen LogP contribution in [0.2, 0.25) is 0 Å². The molecule has 0 bridgehead atoms. The third-order valence-electron chi connectivity index (χ3n) is 5.10. The average molecular weight is 606 g/mol. The maximum atomic E-state index is 13.2. The first-order valence-corrected chi connectivity index (χ1v) is 12.5. The number of nitrogens with one attached hydrogen (secondary N) is 4. The number of anilines is 1. The summed E-state index contributed by atoms with van der Waals surface area (Å²) in [6, 6.07) is 11.0. The summed E-state index contributed by atoms with van der Waals surface area (Å²) in [6.07, 6.45) is -1.18. The first-order chi connectivity index (χ1) is 20.2. The van der Waals surface area contributed by atoms with Crippen molar-refractivity contribution in [1.29, 1.82) is 5.41 Å². The predicted octanol–water partition coefficient (Wildman–Crippen LogP) is 3.19. The van der Waals surface area contributed by atoms with Crippen LogP contribution in [-0.2, 0) is 9.59 Å². The van der Waals surface area contributed by atoms with E-state index in [9.17, 15) is 22.8 Å². The van der Waals surface area contributed by atoms with E-state index in [4.69, 9.17) is 30.5 Å². The number of alkyl halides is 3. The van der Waals surface area contributed by atoms with E-state index in [1.165, 1.54) is 18.7 Å². The summed E-state index contributed by atoms with van der Waals surface area (Å²) in [6.45, 7) is 6.08. The van der Waals surface area contributed by atoms with Crippen LogP contribution in [0.5, 0.6) is 11.5 Å². The third-order valence-corrected chi connectivity index (χ3v) is 5.10. The Labute approximate surface area is 244 Å². The molecule has 1 unspecified atom stereocenters. The van der Waals surface area contributed by atoms with Crippen LogP contribution in [-0.4, -0.2) is 57.6 Å². The number of carboxylic acid groups (broad SMARTS) is 1. The van der Waals surface area contributed by atoms with Gasteiger partial charge in [-0.1, -0.05) is 6.07 Å². The SMILES string of the molecule is CCOc1cc(C(Nc2ccc(C(=N)N)cc2)C(=O)NNC(=O)c2cncnc2)ccc1OC(C)C.O=C(O)C(F)(F)F. The number of carboxylic acids is 1. The summed E-state index contributed by atoms with van der Waals surface area (Å²) in [5.41, 5.74) is 12.3. The van der Waals surface area contributed by atoms with Crippen molar-refractivity contribution in [1.82, 2.24) is 20.8 Å². The molecule has 2 aromatic carbocycles. The number of aliphatic carboxylic acids is 1. The van der Waals surface area contributed by atoms with E-state index >= 15 is 0 Å². The van der Waals surface area contributed by atoms with Gasteiger partial charge >= 0.3 is 12.1 Å². The number of amides is 2. The standard InChI is InChI=1S/C25H29N7O4.C2HF3O2/c1-4-35-21-11-17(7-10-20(21)36-15(2)3)22(30-19-8-5-16(6-9-19)23(26)27)25(34)32-31-24(33)18-12-28-14-29-13-18;3-2(4,5)1(6)7/h5-15,22,30H,4H2,1-3H3,(H3,26,27)(H,31,33)(H,32,34);(H,6,7). The minimum Gasteiger partial charge on any atom is -0.490 e. The van der Waals surface area contributed by atoms with Gasteiger partial charge in [-0.3, -0.25) is 25.8 Å². The number of nitrogens with zero attached hydrogens (tertiary/aromatic N) is 2. The minimum atomic E-state index is -5.08. The predicted molar refractivity (Wildman–Crippen MR) is 149 cm³/mol. The number of halogens is 3. The van der Waals surface area contributed by atoms with Crippen molar-refractivity contribution in [3.8, 4) is 11.5 Å². The molecule has 0 fully saturated rings. The summed E-state index contributed by atoms with van der Waals surface area (Å²) < 4.78 is 43.3. The molecule has 230 valence electrons. The van der Waals surface area contributed by atoms with Gasteiger partial charge in [0.25, 0.3) is 11.8 Å². The topological polar surface area (TPSA) is 202 Å². The van der Waals surface area contributed by atoms with Crippen molar-refractivity contribution in [2.75, 3.05) is 11.9 Å². The molecule has 1 aromatic heterocycles. The molecule has 0 saturated carbocycles. The van der Waals surface area contributed by atoms with Crippen molar-refractivity contribution >= 4 is 29.3 Å². The Morgan fingerprint density at radius 3 is 2.12 bits per heavy atom. The molecule has 0 aliphatic heterocycles. The maximum absolute atomic E-state index is 13.2. The van der Waals surface area contributed by atoms with Gasteiger partial charge in [0.05, 0.1) is 18.3 Å². The smallest absolute Gasteiger partial charge is 0.490 e. The number of nitrogen functional groups attached to an aromatic ring is 1. The van der Waals surface area contributed by atoms with E-state index in [1.807, 2.05) is 20.8 Å². The van der Waals surface area contributed by atoms with Crippen LogP contribution in [0.1, 0.15) is 48.3 Å². The van der Waals surface area contributed by atoms with Crippen LogP contribution < -0.4 is 31.4 Å². The number of rotatable bonds is 10. The number of benzene rings is 2. The Balaban J connectivity index is 0.000000821. The molecule has 1 heterocycles. The van der Waals surface area contributed by atoms with Gasteiger partial charge in [-0.2, -0.15) is 13.2 Å². The molecule has 2 amide bonds. The summed E-state index contributed by atoms with van der Waals surface area (Å²) >= 11 is 0. The Kier molecular flexibility index (Phi) is 12.2. The number of ether oxygens (including phenoxy) is 2. The van der Waals surface area contributed by atoms with Gasteiger partial charge in [0, 0.05) is 23.6 Å². The summed E-state index contributed by atoms with van der Waals surface area (Å²) in [4.78, 5) is 42.1. The van der Waals surface area contributed by atoms with Crippen LogP contribution >= 0.6 is 0 Å². The molecular weight excluding hydrogens is 575 g/mol. The Morgan fingerprint density at radius 1 is 1.00 bits per heavy atom. The number of aromatic nitrogens is 2. The maximum Gasteiger partial charge on any atom is 0.490 e. The van der Waals surface area contributed by atoms with Crippen LogP contribution in [0, 0.1) is 5.41 Å². The molecule has 1 atom stereocenters. The second-order valence-electron chi connectivity index (χ2n) is 8.75. The number of nitrogens with two attached hydrogens (primary N) is 1. The lowest BCUT2D eigenvalue weighted by Crippen LogP contribution is -2.45. The van der Waals surface area contributed by atoms with Gasteiger partial charge in [0.1, 0.15) is 18.2 Å². The Bertz CT molecular complexity index is 1400. The van der Waals surface area contributed by atoms with E-state index in [0.717, 1.165) is 0 Å². The van der Waals surface area contributed by atoms with E-state index in [-0.39, 0.29) is 17.5 Å². The molecule has 3 aromatic rings. The van der Waals surface area contributed by atoms with Gasteiger partial charge < -0.3 is 25.6 Å². The van der Waals surface area contributed by atoms with Crippen molar-refractivity contribution in [3.63, 3.8) is 0 Å². The van der Waals surface area contributed by atoms with E-state index < -0.39 is 30.0 Å². The molecular formula is C27H30F3N7O6. The normalized spacial score (nSPS) is 11.3. The number of hydrazine groups is 1. The van der Waals surface area contributed by atoms with Gasteiger partial charge in [-0.05, 0) is 62.7 Å². The van der Waals surface area contributed by atoms with Crippen LogP contribution in [0.25, 0.3) is 0 Å². The number of carbonyl (C=O) groups excluding carboxylic acids is 2. The summed E-state index contributed by atoms with van der Waals surface area (Å²) in [7, 11) is 0. The molecule has 13 nitrogen and oxygen atoms in total. The number of carbonyl (C=O) groups is 3. The van der Waals surface area contributed by atoms with Crippen molar-refractivity contribution in [3.05, 3.63) is 77.9 Å². The monoisotopic (exact) mass is 605 g/mol. The summed E-state index contributed by atoms with van der Waals surface area (Å²) in [5.74, 6) is -2.88. The molecule has 16 heteroatoms. The second-order valence-corrected chi connectivity index (χ2v) is 8.75. The molecule has 0 spiro atoms. The van der Waals surface area contributed by atoms with Gasteiger partial charge in [-0.25, -0.2) is 14.8 Å². The average Bonchev–Trinajstić information content (AvgIpc) is 2.96. The fourth-order valence-corrected chi connectivity index (χ4v) is 3.22. The lowest BCUT2D eigenvalue weighted by molar-refractivity contribution is -0.192. The highest BCUT2D eigenvalue weighted by Crippen LogP contribution is 2.33. The molecule has 0 aliphatic carbocycles. The zero-order valence-corrected chi connectivity index (χ0v) is 23.2. The highest BCUT2D eigenvalue weighted by Gasteiger charge is 2.38. The van der Waals surface area contributed by atoms with Crippen molar-refractivity contribution in [2.24, 2.45) is 5.73 Å². The molecule has 3 rings (SSSR count). The Hall–Kier alpha value is -5.41. The highest BCUT2D eigenvalue weighted by atomic mass is 19.4. The third kappa shape index (κ3) is 10.8. The van der Waals surface area contributed by atoms with Gasteiger partial charge in [0.2, 0.25) is 0 Å². The van der Waals surface area contributed by atoms with E-state index in [0.29, 0.717) is 34.9 Å².